The van der Waals surface area contributed by atoms with Crippen molar-refractivity contribution in [3.05, 3.63) is 34.4 Å². The van der Waals surface area contributed by atoms with Crippen LogP contribution in [0.15, 0.2) is 23.1 Å². The minimum atomic E-state index is -0.343. The van der Waals surface area contributed by atoms with Gasteiger partial charge in [0.15, 0.2) is 0 Å². The average molecular weight is 302 g/mol. The summed E-state index contributed by atoms with van der Waals surface area (Å²) in [7, 11) is 1.84. The molecule has 0 atom stereocenters. The highest BCUT2D eigenvalue weighted by atomic mass is 16.2. The van der Waals surface area contributed by atoms with Crippen LogP contribution in [0.5, 0.6) is 0 Å². The van der Waals surface area contributed by atoms with Crippen molar-refractivity contribution in [2.45, 2.75) is 19.8 Å². The number of nitrogens with one attached hydrogen (secondary N) is 2. The molecule has 1 aliphatic heterocycles. The van der Waals surface area contributed by atoms with Gasteiger partial charge in [0, 0.05) is 30.9 Å². The maximum absolute atomic E-state index is 12.5. The molecule has 0 aliphatic carbocycles. The Balaban J connectivity index is 1.80. The highest BCUT2D eigenvalue weighted by Gasteiger charge is 2.16. The van der Waals surface area contributed by atoms with Crippen molar-refractivity contribution in [1.29, 1.82) is 0 Å². The number of hydrogen-bond acceptors (Lipinski definition) is 3. The van der Waals surface area contributed by atoms with Gasteiger partial charge in [-0.2, -0.15) is 0 Å². The Bertz CT molecular complexity index is 753. The number of pyridine rings is 1. The molecular weight excluding hydrogens is 280 g/mol. The fraction of sp³-hybridized carbons (Fsp3) is 0.500. The monoisotopic (exact) mass is 302 g/mol. The van der Waals surface area contributed by atoms with E-state index in [9.17, 15) is 9.59 Å². The van der Waals surface area contributed by atoms with E-state index >= 15 is 0 Å². The van der Waals surface area contributed by atoms with E-state index in [1.54, 1.807) is 6.20 Å². The Morgan fingerprint density at radius 3 is 2.86 bits per heavy atom. The number of fused-ring (bicyclic) bond motifs is 1. The molecule has 6 nitrogen and oxygen atoms in total. The third kappa shape index (κ3) is 2.66. The van der Waals surface area contributed by atoms with E-state index in [0.717, 1.165) is 37.0 Å². The number of carbonyl (C=O) groups is 1. The molecular formula is C16H22N4O2. The minimum absolute atomic E-state index is 0.268. The van der Waals surface area contributed by atoms with Crippen LogP contribution in [0.1, 0.15) is 18.5 Å². The number of carbonyl (C=O) groups excluding carboxylic acids is 1. The van der Waals surface area contributed by atoms with Gasteiger partial charge in [0.05, 0.1) is 0 Å². The molecule has 3 rings (SSSR count). The molecule has 22 heavy (non-hydrogen) atoms. The first-order valence-electron chi connectivity index (χ1n) is 7.74. The maximum atomic E-state index is 12.5. The molecule has 1 amide bonds. The summed E-state index contributed by atoms with van der Waals surface area (Å²) in [6, 6.07) is 3.42. The van der Waals surface area contributed by atoms with Gasteiger partial charge >= 0.3 is 6.03 Å². The minimum Gasteiger partial charge on any atom is -0.343 e. The lowest BCUT2D eigenvalue weighted by molar-refractivity contribution is 0.237. The van der Waals surface area contributed by atoms with E-state index in [1.807, 2.05) is 30.7 Å². The Morgan fingerprint density at radius 2 is 2.14 bits per heavy atom. The van der Waals surface area contributed by atoms with E-state index in [0.29, 0.717) is 18.0 Å². The highest BCUT2D eigenvalue weighted by Crippen LogP contribution is 2.14. The van der Waals surface area contributed by atoms with Crippen molar-refractivity contribution in [3.8, 4) is 0 Å². The topological polar surface area (TPSA) is 68.1 Å². The van der Waals surface area contributed by atoms with Crippen molar-refractivity contribution in [2.75, 3.05) is 19.6 Å². The number of aryl methyl sites for hydroxylation is 2. The molecule has 1 saturated heterocycles. The molecule has 1 fully saturated rings. The van der Waals surface area contributed by atoms with Crippen LogP contribution in [0.3, 0.4) is 0 Å². The lowest BCUT2D eigenvalue weighted by Gasteiger charge is -2.22. The van der Waals surface area contributed by atoms with Gasteiger partial charge in [-0.05, 0) is 50.9 Å². The summed E-state index contributed by atoms with van der Waals surface area (Å²) in [5.74, 6) is 0.488. The molecule has 0 bridgehead atoms. The van der Waals surface area contributed by atoms with Crippen molar-refractivity contribution in [1.82, 2.24) is 19.8 Å². The van der Waals surface area contributed by atoms with Crippen LogP contribution >= 0.6 is 0 Å². The molecule has 0 radical (unpaired) electrons. The summed E-state index contributed by atoms with van der Waals surface area (Å²) in [6.07, 6.45) is 3.68. The lowest BCUT2D eigenvalue weighted by Crippen LogP contribution is -2.40. The third-order valence-electron chi connectivity index (χ3n) is 4.55. The molecule has 0 saturated carbocycles. The van der Waals surface area contributed by atoms with Crippen LogP contribution < -0.4 is 16.2 Å². The predicted octanol–water partition coefficient (Wildman–Crippen LogP) is 1.21. The Morgan fingerprint density at radius 1 is 1.41 bits per heavy atom. The Labute approximate surface area is 129 Å². The fourth-order valence-corrected chi connectivity index (χ4v) is 3.05. The van der Waals surface area contributed by atoms with E-state index in [1.165, 1.54) is 4.57 Å². The van der Waals surface area contributed by atoms with Gasteiger partial charge in [0.1, 0.15) is 5.52 Å². The number of amides is 1. The van der Waals surface area contributed by atoms with Gasteiger partial charge in [-0.25, -0.2) is 9.36 Å². The van der Waals surface area contributed by atoms with Gasteiger partial charge < -0.3 is 15.2 Å². The van der Waals surface area contributed by atoms with Crippen molar-refractivity contribution < 1.29 is 4.79 Å². The van der Waals surface area contributed by atoms with Crippen LogP contribution in [0, 0.1) is 12.8 Å². The number of aromatic nitrogens is 2. The van der Waals surface area contributed by atoms with E-state index in [4.69, 9.17) is 0 Å². The van der Waals surface area contributed by atoms with E-state index in [-0.39, 0.29) is 11.6 Å². The summed E-state index contributed by atoms with van der Waals surface area (Å²) in [6.45, 7) is 4.56. The number of hydrogen-bond donors (Lipinski definition) is 2. The molecule has 3 heterocycles. The molecule has 2 N–H and O–H groups in total. The molecule has 118 valence electrons. The molecule has 1 aliphatic rings. The zero-order valence-corrected chi connectivity index (χ0v) is 13.1. The second kappa shape index (κ2) is 5.96. The molecule has 0 unspecified atom stereocenters. The maximum Gasteiger partial charge on any atom is 0.328 e. The summed E-state index contributed by atoms with van der Waals surface area (Å²) in [5, 5.41) is 7.06. The Hall–Kier alpha value is -2.08. The van der Waals surface area contributed by atoms with Crippen LogP contribution in [0.25, 0.3) is 10.9 Å². The molecule has 6 heteroatoms. The largest absolute Gasteiger partial charge is 0.343 e. The van der Waals surface area contributed by atoms with Crippen molar-refractivity contribution in [3.63, 3.8) is 0 Å². The zero-order valence-electron chi connectivity index (χ0n) is 13.1. The van der Waals surface area contributed by atoms with E-state index < -0.39 is 0 Å². The number of rotatable bonds is 2. The molecule has 0 aromatic carbocycles. The summed E-state index contributed by atoms with van der Waals surface area (Å²) in [5.41, 5.74) is 1.30. The summed E-state index contributed by atoms with van der Waals surface area (Å²) in [4.78, 5) is 24.8. The van der Waals surface area contributed by atoms with Crippen molar-refractivity contribution in [2.24, 2.45) is 13.0 Å². The molecule has 0 spiro atoms. The molecule has 2 aromatic heterocycles. The fourth-order valence-electron chi connectivity index (χ4n) is 3.05. The average Bonchev–Trinajstić information content (AvgIpc) is 2.82. The lowest BCUT2D eigenvalue weighted by atomic mass is 9.98. The first-order chi connectivity index (χ1) is 10.6. The second-order valence-electron chi connectivity index (χ2n) is 6.02. The van der Waals surface area contributed by atoms with Gasteiger partial charge in [-0.15, -0.1) is 0 Å². The van der Waals surface area contributed by atoms with Crippen molar-refractivity contribution >= 4 is 16.9 Å². The van der Waals surface area contributed by atoms with Gasteiger partial charge in [0.2, 0.25) is 0 Å². The van der Waals surface area contributed by atoms with Crippen LogP contribution in [-0.4, -0.2) is 34.8 Å². The van der Waals surface area contributed by atoms with Gasteiger partial charge in [-0.1, -0.05) is 0 Å². The van der Waals surface area contributed by atoms with Gasteiger partial charge in [0.25, 0.3) is 5.56 Å². The Kier molecular flexibility index (Phi) is 4.02. The summed E-state index contributed by atoms with van der Waals surface area (Å²) < 4.78 is 3.00. The second-order valence-corrected chi connectivity index (χ2v) is 6.02. The molecule has 2 aromatic rings. The zero-order chi connectivity index (χ0) is 15.7. The van der Waals surface area contributed by atoms with Crippen LogP contribution in [-0.2, 0) is 7.05 Å². The third-order valence-corrected chi connectivity index (χ3v) is 4.55. The van der Waals surface area contributed by atoms with Gasteiger partial charge in [-0.3, -0.25) is 4.79 Å². The predicted molar refractivity (Wildman–Crippen MR) is 86.3 cm³/mol. The normalized spacial score (nSPS) is 16.1. The first kappa shape index (κ1) is 14.8. The number of nitrogens with zero attached hydrogens (tertiary/aromatic N) is 2. The highest BCUT2D eigenvalue weighted by molar-refractivity contribution is 5.84. The van der Waals surface area contributed by atoms with Crippen LogP contribution in [0.4, 0.5) is 4.79 Å². The standard InChI is InChI=1S/C16H22N4O2/c1-11-9-13-5-8-20(15(21)14(13)19(11)2)16(22)18-10-12-3-6-17-7-4-12/h5,8-9,12,17H,3-4,6-7,10H2,1-2H3,(H,18,22). The van der Waals surface area contributed by atoms with Crippen LogP contribution in [0.2, 0.25) is 0 Å². The first-order valence-corrected chi connectivity index (χ1v) is 7.74. The number of piperidine rings is 1. The summed E-state index contributed by atoms with van der Waals surface area (Å²) >= 11 is 0. The smallest absolute Gasteiger partial charge is 0.328 e. The quantitative estimate of drug-likeness (QED) is 0.876. The van der Waals surface area contributed by atoms with E-state index in [2.05, 4.69) is 10.6 Å². The SMILES string of the molecule is Cc1cc2ccn(C(=O)NCC3CCNCC3)c(=O)c2n1C.